The average Bonchev–Trinajstić information content (AvgIpc) is 3.59. The van der Waals surface area contributed by atoms with Crippen LogP contribution >= 0.6 is 0 Å². The lowest BCUT2D eigenvalue weighted by Crippen LogP contribution is -2.32. The summed E-state index contributed by atoms with van der Waals surface area (Å²) in [4.78, 5) is 13.0. The van der Waals surface area contributed by atoms with Gasteiger partial charge in [0.25, 0.3) is 17.2 Å². The van der Waals surface area contributed by atoms with Crippen LogP contribution in [0.15, 0.2) is 52.9 Å². The van der Waals surface area contributed by atoms with E-state index in [0.717, 1.165) is 18.4 Å². The molecule has 12 heteroatoms. The van der Waals surface area contributed by atoms with E-state index in [0.29, 0.717) is 33.3 Å². The zero-order valence-corrected chi connectivity index (χ0v) is 21.6. The first-order chi connectivity index (χ1) is 18.7. The van der Waals surface area contributed by atoms with E-state index in [2.05, 4.69) is 5.32 Å². The van der Waals surface area contributed by atoms with E-state index >= 15 is 0 Å². The molecule has 1 aliphatic heterocycles. The van der Waals surface area contributed by atoms with Crippen LogP contribution in [0.3, 0.4) is 0 Å². The molecule has 2 aliphatic rings. The van der Waals surface area contributed by atoms with Gasteiger partial charge in [0.15, 0.2) is 0 Å². The zero-order chi connectivity index (χ0) is 27.4. The predicted octanol–water partition coefficient (Wildman–Crippen LogP) is 3.98. The van der Waals surface area contributed by atoms with Crippen LogP contribution in [0.4, 0.5) is 14.5 Å². The van der Waals surface area contributed by atoms with E-state index in [1.54, 1.807) is 18.2 Å². The van der Waals surface area contributed by atoms with Gasteiger partial charge in [-0.15, -0.1) is 0 Å². The maximum atomic E-state index is 14.8. The van der Waals surface area contributed by atoms with Crippen molar-refractivity contribution in [2.45, 2.75) is 31.9 Å². The summed E-state index contributed by atoms with van der Waals surface area (Å²) < 4.78 is 63.8. The SMILES string of the molecule is CNC(=O)c1c(-c2ccc(F)cc2)oc2cc(N(Cc3cc(F)c4c(c3)COB4O)S(=O)O)c(C3CC3)cc12. The van der Waals surface area contributed by atoms with Crippen LogP contribution in [0.5, 0.6) is 0 Å². The van der Waals surface area contributed by atoms with Crippen molar-refractivity contribution in [1.82, 2.24) is 5.32 Å². The fourth-order valence-corrected chi connectivity index (χ4v) is 5.69. The Morgan fingerprint density at radius 1 is 1.18 bits per heavy atom. The van der Waals surface area contributed by atoms with Crippen LogP contribution in [0.1, 0.15) is 45.8 Å². The maximum Gasteiger partial charge on any atom is 0.494 e. The number of halogens is 2. The summed E-state index contributed by atoms with van der Waals surface area (Å²) in [5.41, 5.74) is 3.24. The molecule has 0 bridgehead atoms. The highest BCUT2D eigenvalue weighted by Gasteiger charge is 2.34. The fraction of sp³-hybridized carbons (Fsp3) is 0.222. The Labute approximate surface area is 225 Å². The van der Waals surface area contributed by atoms with Crippen LogP contribution in [0.25, 0.3) is 22.3 Å². The van der Waals surface area contributed by atoms with E-state index in [4.69, 9.17) is 9.07 Å². The van der Waals surface area contributed by atoms with E-state index in [1.165, 1.54) is 41.7 Å². The van der Waals surface area contributed by atoms with Crippen molar-refractivity contribution in [3.63, 3.8) is 0 Å². The third-order valence-electron chi connectivity index (χ3n) is 7.12. The molecular formula is C27H23BF2N2O6S. The summed E-state index contributed by atoms with van der Waals surface area (Å²) >= 11 is -2.49. The minimum atomic E-state index is -2.49. The standard InChI is InChI=1S/C27H23BF2N2O6S/c1-31-27(33)24-20-10-19(15-2-3-15)22(11-23(20)38-26(24)16-4-6-18(29)7-5-16)32(39(35)36)12-14-8-17-13-37-28(34)25(17)21(30)9-14/h4-11,15,34H,2-3,12-13H2,1H3,(H,31,33)(H,35,36). The molecule has 0 radical (unpaired) electrons. The molecule has 1 fully saturated rings. The predicted molar refractivity (Wildman–Crippen MR) is 143 cm³/mol. The molecule has 1 unspecified atom stereocenters. The first-order valence-electron chi connectivity index (χ1n) is 12.3. The lowest BCUT2D eigenvalue weighted by Gasteiger charge is -2.23. The molecular weight excluding hydrogens is 529 g/mol. The summed E-state index contributed by atoms with van der Waals surface area (Å²) in [5, 5.41) is 13.0. The smallest absolute Gasteiger partial charge is 0.455 e. The number of nitrogens with one attached hydrogen (secondary N) is 1. The number of benzene rings is 3. The molecule has 4 aromatic rings. The lowest BCUT2D eigenvalue weighted by atomic mass is 9.78. The number of rotatable bonds is 7. The molecule has 3 aromatic carbocycles. The molecule has 8 nitrogen and oxygen atoms in total. The molecule has 1 saturated carbocycles. The number of hydrogen-bond acceptors (Lipinski definition) is 5. The van der Waals surface area contributed by atoms with E-state index in [-0.39, 0.29) is 41.8 Å². The van der Waals surface area contributed by atoms with Gasteiger partial charge in [-0.25, -0.2) is 13.0 Å². The number of carbonyl (C=O) groups is 1. The first-order valence-corrected chi connectivity index (χ1v) is 13.4. The minimum Gasteiger partial charge on any atom is -0.455 e. The Bertz CT molecular complexity index is 1640. The van der Waals surface area contributed by atoms with Crippen molar-refractivity contribution in [3.8, 4) is 11.3 Å². The van der Waals surface area contributed by atoms with Gasteiger partial charge in [-0.1, -0.05) is 6.07 Å². The summed E-state index contributed by atoms with van der Waals surface area (Å²) in [5.74, 6) is -1.11. The third-order valence-corrected chi connectivity index (χ3v) is 7.82. The average molecular weight is 552 g/mol. The van der Waals surface area contributed by atoms with Gasteiger partial charge in [-0.2, -0.15) is 0 Å². The highest BCUT2D eigenvalue weighted by molar-refractivity contribution is 7.80. The second-order valence-electron chi connectivity index (χ2n) is 9.65. The number of amides is 1. The second kappa shape index (κ2) is 9.87. The van der Waals surface area contributed by atoms with Gasteiger partial charge in [0.05, 0.1) is 24.4 Å². The molecule has 6 rings (SSSR count). The highest BCUT2D eigenvalue weighted by atomic mass is 32.2. The van der Waals surface area contributed by atoms with Crippen LogP contribution < -0.4 is 15.1 Å². The molecule has 1 atom stereocenters. The van der Waals surface area contributed by atoms with Gasteiger partial charge in [-0.3, -0.25) is 13.7 Å². The molecule has 1 amide bonds. The van der Waals surface area contributed by atoms with Gasteiger partial charge >= 0.3 is 7.12 Å². The Kier molecular flexibility index (Phi) is 6.50. The van der Waals surface area contributed by atoms with Crippen molar-refractivity contribution in [3.05, 3.63) is 82.4 Å². The quantitative estimate of drug-likeness (QED) is 0.236. The normalized spacial score (nSPS) is 15.5. The van der Waals surface area contributed by atoms with Crippen molar-refractivity contribution in [2.75, 3.05) is 11.4 Å². The van der Waals surface area contributed by atoms with Crippen LogP contribution in [0, 0.1) is 11.6 Å². The topological polar surface area (TPSA) is 112 Å². The van der Waals surface area contributed by atoms with Crippen molar-refractivity contribution in [2.24, 2.45) is 0 Å². The Morgan fingerprint density at radius 2 is 1.92 bits per heavy atom. The monoisotopic (exact) mass is 552 g/mol. The van der Waals surface area contributed by atoms with Gasteiger partial charge in [0, 0.05) is 29.5 Å². The van der Waals surface area contributed by atoms with E-state index in [1.807, 2.05) is 0 Å². The van der Waals surface area contributed by atoms with Crippen LogP contribution in [0.2, 0.25) is 0 Å². The number of fused-ring (bicyclic) bond motifs is 2. The fourth-order valence-electron chi connectivity index (χ4n) is 5.11. The van der Waals surface area contributed by atoms with E-state index in [9.17, 15) is 27.4 Å². The third kappa shape index (κ3) is 4.63. The Balaban J connectivity index is 1.49. The Morgan fingerprint density at radius 3 is 2.59 bits per heavy atom. The maximum absolute atomic E-state index is 14.8. The van der Waals surface area contributed by atoms with Crippen molar-refractivity contribution in [1.29, 1.82) is 0 Å². The number of furan rings is 1. The molecule has 2 heterocycles. The first kappa shape index (κ1) is 25.7. The largest absolute Gasteiger partial charge is 0.494 e. The zero-order valence-electron chi connectivity index (χ0n) is 20.7. The van der Waals surface area contributed by atoms with Crippen molar-refractivity contribution < 1.29 is 36.4 Å². The number of anilines is 1. The summed E-state index contributed by atoms with van der Waals surface area (Å²) in [6.45, 7) is -0.0773. The molecule has 39 heavy (non-hydrogen) atoms. The van der Waals surface area contributed by atoms with Gasteiger partial charge in [0.1, 0.15) is 23.0 Å². The van der Waals surface area contributed by atoms with Crippen LogP contribution in [-0.2, 0) is 29.1 Å². The second-order valence-corrected chi connectivity index (χ2v) is 10.6. The Hall–Kier alpha value is -3.58. The number of carbonyl (C=O) groups excluding carboxylic acids is 1. The van der Waals surface area contributed by atoms with Gasteiger partial charge in [0.2, 0.25) is 0 Å². The van der Waals surface area contributed by atoms with Gasteiger partial charge < -0.3 is 19.4 Å². The summed E-state index contributed by atoms with van der Waals surface area (Å²) in [6, 6.07) is 11.9. The summed E-state index contributed by atoms with van der Waals surface area (Å²) in [7, 11) is 0.159. The molecule has 3 N–H and O–H groups in total. The molecule has 1 aliphatic carbocycles. The van der Waals surface area contributed by atoms with E-state index < -0.39 is 30.0 Å². The highest BCUT2D eigenvalue weighted by Crippen LogP contribution is 2.48. The summed E-state index contributed by atoms with van der Waals surface area (Å²) in [6.07, 6.45) is 1.73. The molecule has 0 spiro atoms. The van der Waals surface area contributed by atoms with Crippen molar-refractivity contribution >= 4 is 46.4 Å². The molecule has 0 saturated heterocycles. The van der Waals surface area contributed by atoms with Gasteiger partial charge in [-0.05, 0) is 71.8 Å². The number of nitrogens with zero attached hydrogens (tertiary/aromatic N) is 1. The minimum absolute atomic E-state index is 0.0313. The number of hydrogen-bond donors (Lipinski definition) is 3. The lowest BCUT2D eigenvalue weighted by molar-refractivity contribution is 0.0964. The van der Waals surface area contributed by atoms with Crippen LogP contribution in [-0.4, -0.2) is 33.9 Å². The molecule has 1 aromatic heterocycles. The molecule has 200 valence electrons.